The van der Waals surface area contributed by atoms with Gasteiger partial charge in [-0.15, -0.1) is 11.3 Å². The number of anilines is 1. The van der Waals surface area contributed by atoms with Crippen LogP contribution in [0.3, 0.4) is 0 Å². The number of nitrogens with zero attached hydrogens (tertiary/aromatic N) is 4. The van der Waals surface area contributed by atoms with Gasteiger partial charge in [0.25, 0.3) is 5.91 Å². The first-order valence-corrected chi connectivity index (χ1v) is 9.71. The van der Waals surface area contributed by atoms with E-state index in [0.717, 1.165) is 52.0 Å². The standard InChI is InChI=1S/C16H19N5OS2/c1-10-13-14(20(2)19-10)18-16(24-13)17-11-5-3-7-21(9-11)15(22)12-6-4-8-23-12/h4,6,8,11H,3,5,7,9H2,1-2H3,(H,17,18)/t11-/m0/s1. The Morgan fingerprint density at radius 2 is 2.33 bits per heavy atom. The number of piperidine rings is 1. The number of hydrogen-bond acceptors (Lipinski definition) is 6. The molecule has 1 saturated heterocycles. The molecule has 3 aromatic heterocycles. The van der Waals surface area contributed by atoms with Crippen molar-refractivity contribution in [1.29, 1.82) is 0 Å². The number of rotatable bonds is 3. The van der Waals surface area contributed by atoms with Crippen molar-refractivity contribution in [3.63, 3.8) is 0 Å². The maximum atomic E-state index is 12.5. The van der Waals surface area contributed by atoms with Gasteiger partial charge in [-0.3, -0.25) is 4.79 Å². The number of likely N-dealkylation sites (tertiary alicyclic amines) is 1. The minimum absolute atomic E-state index is 0.140. The summed E-state index contributed by atoms with van der Waals surface area (Å²) in [6, 6.07) is 4.07. The Balaban J connectivity index is 1.47. The van der Waals surface area contributed by atoms with E-state index in [2.05, 4.69) is 15.4 Å². The van der Waals surface area contributed by atoms with Crippen LogP contribution in [0.1, 0.15) is 28.2 Å². The first kappa shape index (κ1) is 15.6. The van der Waals surface area contributed by atoms with Crippen molar-refractivity contribution in [1.82, 2.24) is 19.7 Å². The lowest BCUT2D eigenvalue weighted by Crippen LogP contribution is -2.44. The average Bonchev–Trinajstić information content (AvgIpc) is 3.28. The Bertz CT molecular complexity index is 832. The smallest absolute Gasteiger partial charge is 0.263 e. The summed E-state index contributed by atoms with van der Waals surface area (Å²) < 4.78 is 2.95. The van der Waals surface area contributed by atoms with E-state index in [1.807, 2.05) is 41.1 Å². The van der Waals surface area contributed by atoms with Crippen LogP contribution in [0.4, 0.5) is 5.13 Å². The fourth-order valence-corrected chi connectivity index (χ4v) is 4.86. The Morgan fingerprint density at radius 3 is 3.08 bits per heavy atom. The SMILES string of the molecule is Cc1nn(C)c2nc(N[C@H]3CCCN(C(=O)c4cccs4)C3)sc12. The maximum absolute atomic E-state index is 12.5. The fourth-order valence-electron chi connectivity index (χ4n) is 3.16. The largest absolute Gasteiger partial charge is 0.357 e. The summed E-state index contributed by atoms with van der Waals surface area (Å²) in [5, 5.41) is 10.8. The molecular formula is C16H19N5OS2. The van der Waals surface area contributed by atoms with Crippen molar-refractivity contribution in [3.05, 3.63) is 28.1 Å². The lowest BCUT2D eigenvalue weighted by atomic mass is 10.1. The van der Waals surface area contributed by atoms with E-state index in [-0.39, 0.29) is 11.9 Å². The molecule has 0 radical (unpaired) electrons. The van der Waals surface area contributed by atoms with Gasteiger partial charge in [-0.05, 0) is 31.2 Å². The van der Waals surface area contributed by atoms with Crippen LogP contribution in [0.15, 0.2) is 17.5 Å². The molecule has 24 heavy (non-hydrogen) atoms. The summed E-state index contributed by atoms with van der Waals surface area (Å²) >= 11 is 3.14. The lowest BCUT2D eigenvalue weighted by Gasteiger charge is -2.32. The van der Waals surface area contributed by atoms with Crippen molar-refractivity contribution < 1.29 is 4.79 Å². The lowest BCUT2D eigenvalue weighted by molar-refractivity contribution is 0.0720. The van der Waals surface area contributed by atoms with Crippen LogP contribution in [-0.2, 0) is 7.05 Å². The molecule has 0 saturated carbocycles. The van der Waals surface area contributed by atoms with E-state index in [1.54, 1.807) is 11.3 Å². The zero-order valence-corrected chi connectivity index (χ0v) is 15.3. The van der Waals surface area contributed by atoms with Gasteiger partial charge in [-0.2, -0.15) is 5.10 Å². The van der Waals surface area contributed by atoms with Crippen LogP contribution in [-0.4, -0.2) is 44.7 Å². The van der Waals surface area contributed by atoms with Crippen LogP contribution >= 0.6 is 22.7 Å². The number of aryl methyl sites for hydroxylation is 2. The Labute approximate surface area is 148 Å². The van der Waals surface area contributed by atoms with Gasteiger partial charge < -0.3 is 10.2 Å². The number of amides is 1. The third-order valence-corrected chi connectivity index (χ3v) is 6.26. The van der Waals surface area contributed by atoms with E-state index in [4.69, 9.17) is 0 Å². The quantitative estimate of drug-likeness (QED) is 0.778. The molecular weight excluding hydrogens is 342 g/mol. The average molecular weight is 361 g/mol. The molecule has 0 spiro atoms. The van der Waals surface area contributed by atoms with Gasteiger partial charge in [0.05, 0.1) is 15.3 Å². The molecule has 6 nitrogen and oxygen atoms in total. The Morgan fingerprint density at radius 1 is 1.46 bits per heavy atom. The number of carbonyl (C=O) groups excluding carboxylic acids is 1. The molecule has 0 aliphatic carbocycles. The second-order valence-electron chi connectivity index (χ2n) is 6.09. The zero-order valence-electron chi connectivity index (χ0n) is 13.7. The minimum atomic E-state index is 0.140. The molecule has 4 rings (SSSR count). The summed E-state index contributed by atoms with van der Waals surface area (Å²) in [4.78, 5) is 20.0. The highest BCUT2D eigenvalue weighted by atomic mass is 32.1. The molecule has 3 aromatic rings. The summed E-state index contributed by atoms with van der Waals surface area (Å²) in [6.45, 7) is 3.56. The first-order valence-electron chi connectivity index (χ1n) is 8.01. The number of carbonyl (C=O) groups is 1. The Kier molecular flexibility index (Phi) is 4.01. The van der Waals surface area contributed by atoms with Gasteiger partial charge in [0, 0.05) is 26.2 Å². The zero-order chi connectivity index (χ0) is 16.7. The number of thiophene rings is 1. The van der Waals surface area contributed by atoms with Gasteiger partial charge in [-0.25, -0.2) is 9.67 Å². The number of hydrogen-bond donors (Lipinski definition) is 1. The highest BCUT2D eigenvalue weighted by molar-refractivity contribution is 7.22. The molecule has 0 aromatic carbocycles. The minimum Gasteiger partial charge on any atom is -0.357 e. The molecule has 1 atom stereocenters. The van der Waals surface area contributed by atoms with Crippen molar-refractivity contribution in [2.24, 2.45) is 7.05 Å². The molecule has 4 heterocycles. The summed E-state index contributed by atoms with van der Waals surface area (Å²) in [6.07, 6.45) is 2.07. The molecule has 1 aliphatic rings. The molecule has 1 amide bonds. The third-order valence-electron chi connectivity index (χ3n) is 4.31. The van der Waals surface area contributed by atoms with Crippen LogP contribution < -0.4 is 5.32 Å². The van der Waals surface area contributed by atoms with Gasteiger partial charge in [-0.1, -0.05) is 17.4 Å². The van der Waals surface area contributed by atoms with E-state index in [1.165, 1.54) is 11.3 Å². The highest BCUT2D eigenvalue weighted by Crippen LogP contribution is 2.29. The number of thiazole rings is 1. The summed E-state index contributed by atoms with van der Waals surface area (Å²) in [5.74, 6) is 0.140. The summed E-state index contributed by atoms with van der Waals surface area (Å²) in [7, 11) is 1.92. The van der Waals surface area contributed by atoms with Crippen molar-refractivity contribution in [2.45, 2.75) is 25.8 Å². The van der Waals surface area contributed by atoms with Gasteiger partial charge >= 0.3 is 0 Å². The van der Waals surface area contributed by atoms with E-state index in [0.29, 0.717) is 0 Å². The second kappa shape index (κ2) is 6.18. The molecule has 0 bridgehead atoms. The van der Waals surface area contributed by atoms with Crippen molar-refractivity contribution in [2.75, 3.05) is 18.4 Å². The number of aromatic nitrogens is 3. The van der Waals surface area contributed by atoms with Gasteiger partial charge in [0.15, 0.2) is 10.8 Å². The number of fused-ring (bicyclic) bond motifs is 1. The first-order chi connectivity index (χ1) is 11.6. The predicted molar refractivity (Wildman–Crippen MR) is 98.0 cm³/mol. The monoisotopic (exact) mass is 361 g/mol. The third kappa shape index (κ3) is 2.80. The van der Waals surface area contributed by atoms with Crippen LogP contribution in [0, 0.1) is 6.92 Å². The predicted octanol–water partition coefficient (Wildman–Crippen LogP) is 3.12. The summed E-state index contributed by atoms with van der Waals surface area (Å²) in [5.41, 5.74) is 1.93. The van der Waals surface area contributed by atoms with E-state index < -0.39 is 0 Å². The highest BCUT2D eigenvalue weighted by Gasteiger charge is 2.25. The van der Waals surface area contributed by atoms with Crippen LogP contribution in [0.2, 0.25) is 0 Å². The fraction of sp³-hybridized carbons (Fsp3) is 0.438. The van der Waals surface area contributed by atoms with Gasteiger partial charge in [0.1, 0.15) is 0 Å². The van der Waals surface area contributed by atoms with Crippen molar-refractivity contribution >= 4 is 44.1 Å². The van der Waals surface area contributed by atoms with Crippen molar-refractivity contribution in [3.8, 4) is 0 Å². The number of nitrogens with one attached hydrogen (secondary N) is 1. The molecule has 0 unspecified atom stereocenters. The second-order valence-corrected chi connectivity index (χ2v) is 8.04. The normalized spacial score (nSPS) is 18.2. The molecule has 1 aliphatic heterocycles. The molecule has 1 fully saturated rings. The molecule has 8 heteroatoms. The molecule has 1 N–H and O–H groups in total. The topological polar surface area (TPSA) is 63.1 Å². The van der Waals surface area contributed by atoms with E-state index >= 15 is 0 Å². The maximum Gasteiger partial charge on any atom is 0.263 e. The van der Waals surface area contributed by atoms with Gasteiger partial charge in [0.2, 0.25) is 0 Å². The van der Waals surface area contributed by atoms with Crippen LogP contribution in [0.5, 0.6) is 0 Å². The van der Waals surface area contributed by atoms with Crippen LogP contribution in [0.25, 0.3) is 10.3 Å². The molecule has 126 valence electrons. The van der Waals surface area contributed by atoms with E-state index in [9.17, 15) is 4.79 Å². The Hall–Kier alpha value is -1.93.